The Bertz CT molecular complexity index is 1390. The predicted molar refractivity (Wildman–Crippen MR) is 96.1 cm³/mol. The zero-order valence-corrected chi connectivity index (χ0v) is 14.6. The Labute approximate surface area is 159 Å². The number of imidazole rings is 1. The van der Waals surface area contributed by atoms with Gasteiger partial charge in [0.2, 0.25) is 0 Å². The van der Waals surface area contributed by atoms with E-state index in [0.29, 0.717) is 23.3 Å². The summed E-state index contributed by atoms with van der Waals surface area (Å²) < 4.78 is 42.6. The van der Waals surface area contributed by atoms with Crippen molar-refractivity contribution in [3.8, 4) is 11.3 Å². The van der Waals surface area contributed by atoms with Gasteiger partial charge in [0.1, 0.15) is 0 Å². The van der Waals surface area contributed by atoms with E-state index in [9.17, 15) is 22.8 Å². The van der Waals surface area contributed by atoms with Crippen molar-refractivity contribution in [2.75, 3.05) is 0 Å². The molecule has 3 heterocycles. The smallest absolute Gasteiger partial charge is 0.313 e. The van der Waals surface area contributed by atoms with Crippen molar-refractivity contribution < 1.29 is 13.2 Å². The number of aromatic nitrogens is 5. The van der Waals surface area contributed by atoms with E-state index in [-0.39, 0.29) is 23.0 Å². The zero-order valence-electron chi connectivity index (χ0n) is 14.6. The van der Waals surface area contributed by atoms with E-state index in [1.165, 1.54) is 23.0 Å². The normalized spacial score (nSPS) is 18.3. The first-order chi connectivity index (χ1) is 13.9. The van der Waals surface area contributed by atoms with Crippen molar-refractivity contribution in [3.05, 3.63) is 86.2 Å². The number of nitrogens with zero attached hydrogens (tertiary/aromatic N) is 3. The summed E-state index contributed by atoms with van der Waals surface area (Å²) in [6.45, 7) is 0. The number of aromatic amines is 2. The van der Waals surface area contributed by atoms with E-state index in [1.54, 1.807) is 12.3 Å². The molecule has 1 aliphatic rings. The van der Waals surface area contributed by atoms with E-state index >= 15 is 0 Å². The lowest BCUT2D eigenvalue weighted by molar-refractivity contribution is 0.441. The van der Waals surface area contributed by atoms with Crippen LogP contribution < -0.4 is 11.2 Å². The molecular formula is C19H12F3N5O2. The summed E-state index contributed by atoms with van der Waals surface area (Å²) in [6, 6.07) is 3.80. The summed E-state index contributed by atoms with van der Waals surface area (Å²) in [5.41, 5.74) is 0.505. The Morgan fingerprint density at radius 3 is 2.66 bits per heavy atom. The van der Waals surface area contributed by atoms with Gasteiger partial charge in [-0.05, 0) is 36.0 Å². The summed E-state index contributed by atoms with van der Waals surface area (Å²) in [5, 5.41) is 4.34. The molecule has 0 saturated heterocycles. The third-order valence-corrected chi connectivity index (χ3v) is 5.14. The molecule has 0 bridgehead atoms. The van der Waals surface area contributed by atoms with Crippen LogP contribution in [0.2, 0.25) is 0 Å². The van der Waals surface area contributed by atoms with Crippen molar-refractivity contribution >= 4 is 5.65 Å². The highest BCUT2D eigenvalue weighted by atomic mass is 19.2. The number of hydrogen-bond donors (Lipinski definition) is 2. The van der Waals surface area contributed by atoms with Gasteiger partial charge in [-0.15, -0.1) is 0 Å². The largest absolute Gasteiger partial charge is 0.325 e. The molecule has 3 aromatic heterocycles. The lowest BCUT2D eigenvalue weighted by Crippen LogP contribution is -2.23. The van der Waals surface area contributed by atoms with Crippen LogP contribution in [0.15, 0.2) is 46.4 Å². The van der Waals surface area contributed by atoms with Gasteiger partial charge in [0.15, 0.2) is 23.1 Å². The average Bonchev–Trinajstić information content (AvgIpc) is 3.32. The highest BCUT2D eigenvalue weighted by molar-refractivity contribution is 5.63. The Kier molecular flexibility index (Phi) is 3.70. The second-order valence-electron chi connectivity index (χ2n) is 6.88. The van der Waals surface area contributed by atoms with Gasteiger partial charge in [-0.3, -0.25) is 9.78 Å². The van der Waals surface area contributed by atoms with Gasteiger partial charge < -0.3 is 4.98 Å². The van der Waals surface area contributed by atoms with Crippen LogP contribution in [0, 0.1) is 17.5 Å². The first-order valence-corrected chi connectivity index (χ1v) is 8.74. The minimum atomic E-state index is -1.49. The van der Waals surface area contributed by atoms with Crippen LogP contribution in [-0.2, 0) is 0 Å². The van der Waals surface area contributed by atoms with Gasteiger partial charge in [0.25, 0.3) is 5.56 Å². The predicted octanol–water partition coefficient (Wildman–Crippen LogP) is 2.46. The Balaban J connectivity index is 1.61. The maximum Gasteiger partial charge on any atom is 0.325 e. The van der Waals surface area contributed by atoms with Gasteiger partial charge in [-0.2, -0.15) is 5.10 Å². The first kappa shape index (κ1) is 17.4. The summed E-state index contributed by atoms with van der Waals surface area (Å²) in [7, 11) is 0. The molecule has 1 saturated carbocycles. The maximum atomic E-state index is 14.2. The monoisotopic (exact) mass is 399 g/mol. The minimum Gasteiger partial charge on any atom is -0.313 e. The Morgan fingerprint density at radius 1 is 1.07 bits per heavy atom. The van der Waals surface area contributed by atoms with E-state index in [0.717, 1.165) is 6.07 Å². The molecule has 29 heavy (non-hydrogen) atoms. The molecule has 1 aromatic carbocycles. The number of hydrogen-bond acceptors (Lipinski definition) is 4. The van der Waals surface area contributed by atoms with E-state index in [2.05, 4.69) is 20.1 Å². The fourth-order valence-corrected chi connectivity index (χ4v) is 3.66. The second kappa shape index (κ2) is 6.16. The molecule has 146 valence electrons. The first-order valence-electron chi connectivity index (χ1n) is 8.74. The van der Waals surface area contributed by atoms with Gasteiger partial charge in [-0.25, -0.2) is 27.5 Å². The fourth-order valence-electron chi connectivity index (χ4n) is 3.66. The highest BCUT2D eigenvalue weighted by Gasteiger charge is 2.43. The summed E-state index contributed by atoms with van der Waals surface area (Å²) >= 11 is 0. The Hall–Kier alpha value is -3.69. The average molecular weight is 399 g/mol. The van der Waals surface area contributed by atoms with Crippen molar-refractivity contribution in [2.45, 2.75) is 18.3 Å². The van der Waals surface area contributed by atoms with Gasteiger partial charge >= 0.3 is 5.69 Å². The molecule has 7 nitrogen and oxygen atoms in total. The molecule has 2 unspecified atom stereocenters. The SMILES string of the molecule is O=c1[nH]cc(-c2cc(C3CC3c3ccc(F)c(F)c3F)c3nccn3n2)c(=O)[nH]1. The molecule has 1 fully saturated rings. The van der Waals surface area contributed by atoms with Gasteiger partial charge in [0.05, 0.1) is 11.3 Å². The summed E-state index contributed by atoms with van der Waals surface area (Å²) in [6.07, 6.45) is 4.89. The molecule has 2 atom stereocenters. The van der Waals surface area contributed by atoms with E-state index in [1.807, 2.05) is 0 Å². The van der Waals surface area contributed by atoms with Crippen LogP contribution in [0.5, 0.6) is 0 Å². The van der Waals surface area contributed by atoms with Crippen LogP contribution in [0.1, 0.15) is 29.4 Å². The topological polar surface area (TPSA) is 95.9 Å². The zero-order chi connectivity index (χ0) is 20.3. The van der Waals surface area contributed by atoms with Gasteiger partial charge in [-0.1, -0.05) is 6.07 Å². The third kappa shape index (κ3) is 2.75. The molecule has 1 aliphatic carbocycles. The minimum absolute atomic E-state index is 0.0962. The number of benzene rings is 1. The number of rotatable bonds is 3. The van der Waals surface area contributed by atoms with Crippen LogP contribution >= 0.6 is 0 Å². The third-order valence-electron chi connectivity index (χ3n) is 5.14. The fraction of sp³-hybridized carbons (Fsp3) is 0.158. The van der Waals surface area contributed by atoms with Crippen LogP contribution in [0.4, 0.5) is 13.2 Å². The Morgan fingerprint density at radius 2 is 1.86 bits per heavy atom. The molecule has 4 aromatic rings. The van der Waals surface area contributed by atoms with E-state index in [4.69, 9.17) is 0 Å². The maximum absolute atomic E-state index is 14.2. The molecule has 5 rings (SSSR count). The second-order valence-corrected chi connectivity index (χ2v) is 6.88. The molecule has 10 heteroatoms. The van der Waals surface area contributed by atoms with Crippen molar-refractivity contribution in [3.63, 3.8) is 0 Å². The molecular weight excluding hydrogens is 387 g/mol. The molecule has 0 aliphatic heterocycles. The molecule has 0 radical (unpaired) electrons. The van der Waals surface area contributed by atoms with Crippen LogP contribution in [0.25, 0.3) is 16.9 Å². The van der Waals surface area contributed by atoms with Crippen molar-refractivity contribution in [1.82, 2.24) is 24.6 Å². The van der Waals surface area contributed by atoms with Crippen LogP contribution in [-0.4, -0.2) is 24.6 Å². The summed E-state index contributed by atoms with van der Waals surface area (Å²) in [5.74, 6) is -4.47. The summed E-state index contributed by atoms with van der Waals surface area (Å²) in [4.78, 5) is 32.2. The quantitative estimate of drug-likeness (QED) is 0.518. The van der Waals surface area contributed by atoms with Gasteiger partial charge in [0, 0.05) is 24.2 Å². The molecule has 0 spiro atoms. The van der Waals surface area contributed by atoms with Crippen molar-refractivity contribution in [2.24, 2.45) is 0 Å². The van der Waals surface area contributed by atoms with Crippen LogP contribution in [0.3, 0.4) is 0 Å². The van der Waals surface area contributed by atoms with Crippen molar-refractivity contribution in [1.29, 1.82) is 0 Å². The number of fused-ring (bicyclic) bond motifs is 1. The highest BCUT2D eigenvalue weighted by Crippen LogP contribution is 2.56. The molecule has 0 amide bonds. The standard InChI is InChI=1S/C19H12F3N5O2/c20-13-2-1-8(15(21)16(13)22)9-5-10(9)11-6-14(26-27-4-3-23-17(11)27)12-7-24-19(29)25-18(12)28/h1-4,6-7,9-10H,5H2,(H2,24,25,28,29). The number of H-pyrrole nitrogens is 2. The molecule has 2 N–H and O–H groups in total. The lowest BCUT2D eigenvalue weighted by atomic mass is 10.0. The number of nitrogens with one attached hydrogen (secondary N) is 2. The van der Waals surface area contributed by atoms with E-state index < -0.39 is 28.7 Å². The lowest BCUT2D eigenvalue weighted by Gasteiger charge is -2.08. The number of halogens is 3.